The van der Waals surface area contributed by atoms with E-state index in [2.05, 4.69) is 24.5 Å². The Morgan fingerprint density at radius 2 is 1.95 bits per heavy atom. The number of urea groups is 1. The van der Waals surface area contributed by atoms with Crippen molar-refractivity contribution in [2.45, 2.75) is 45.2 Å². The Morgan fingerprint density at radius 3 is 2.48 bits per heavy atom. The van der Waals surface area contributed by atoms with Gasteiger partial charge in [0.05, 0.1) is 0 Å². The Kier molecular flexibility index (Phi) is 4.50. The van der Waals surface area contributed by atoms with Crippen LogP contribution in [-0.4, -0.2) is 29.2 Å². The molecule has 5 nitrogen and oxygen atoms in total. The van der Waals surface area contributed by atoms with Gasteiger partial charge >= 0.3 is 12.0 Å². The third-order valence-corrected chi connectivity index (χ3v) is 3.99. The number of aliphatic carboxylic acids is 1. The maximum atomic E-state index is 11.8. The highest BCUT2D eigenvalue weighted by molar-refractivity contribution is 5.82. The van der Waals surface area contributed by atoms with Gasteiger partial charge in [-0.15, -0.1) is 0 Å². The van der Waals surface area contributed by atoms with Crippen LogP contribution in [0.3, 0.4) is 0 Å². The fraction of sp³-hybridized carbons (Fsp3) is 0.500. The highest BCUT2D eigenvalue weighted by atomic mass is 16.4. The standard InChI is InChI=1S/C16H22N2O3/c1-16(2)10-13(16)18-15(21)17-12(14(19)20)9-8-11-6-4-3-5-7-11/h3-7,12-13H,8-10H2,1-2H3,(H,19,20)(H2,17,18,21). The van der Waals surface area contributed by atoms with E-state index in [1.807, 2.05) is 30.3 Å². The van der Waals surface area contributed by atoms with Crippen LogP contribution in [0.5, 0.6) is 0 Å². The van der Waals surface area contributed by atoms with Crippen LogP contribution in [0.1, 0.15) is 32.3 Å². The number of nitrogens with one attached hydrogen (secondary N) is 2. The molecule has 0 bridgehead atoms. The summed E-state index contributed by atoms with van der Waals surface area (Å²) in [7, 11) is 0. The molecule has 1 saturated carbocycles. The van der Waals surface area contributed by atoms with Crippen molar-refractivity contribution in [1.29, 1.82) is 0 Å². The van der Waals surface area contributed by atoms with Crippen LogP contribution < -0.4 is 10.6 Å². The molecule has 5 heteroatoms. The summed E-state index contributed by atoms with van der Waals surface area (Å²) in [6, 6.07) is 8.53. The summed E-state index contributed by atoms with van der Waals surface area (Å²) in [5.41, 5.74) is 1.19. The van der Waals surface area contributed by atoms with Gasteiger partial charge in [0.25, 0.3) is 0 Å². The first-order valence-electron chi connectivity index (χ1n) is 7.22. The molecule has 114 valence electrons. The van der Waals surface area contributed by atoms with Gasteiger partial charge in [0.1, 0.15) is 6.04 Å². The van der Waals surface area contributed by atoms with Crippen LogP contribution in [0.2, 0.25) is 0 Å². The molecule has 1 aromatic rings. The van der Waals surface area contributed by atoms with E-state index in [4.69, 9.17) is 0 Å². The number of carbonyl (C=O) groups excluding carboxylic acids is 1. The van der Waals surface area contributed by atoms with E-state index in [1.165, 1.54) is 0 Å². The van der Waals surface area contributed by atoms with Gasteiger partial charge in [-0.3, -0.25) is 0 Å². The summed E-state index contributed by atoms with van der Waals surface area (Å²) in [6.45, 7) is 4.14. The number of carbonyl (C=O) groups is 2. The first-order valence-corrected chi connectivity index (χ1v) is 7.22. The second kappa shape index (κ2) is 6.16. The zero-order valence-electron chi connectivity index (χ0n) is 12.4. The molecule has 2 rings (SSSR count). The van der Waals surface area contributed by atoms with Crippen LogP contribution in [-0.2, 0) is 11.2 Å². The zero-order valence-corrected chi connectivity index (χ0v) is 12.4. The Morgan fingerprint density at radius 1 is 1.33 bits per heavy atom. The number of hydrogen-bond donors (Lipinski definition) is 3. The molecule has 0 heterocycles. The van der Waals surface area contributed by atoms with Gasteiger partial charge in [-0.25, -0.2) is 9.59 Å². The smallest absolute Gasteiger partial charge is 0.326 e. The molecule has 21 heavy (non-hydrogen) atoms. The minimum Gasteiger partial charge on any atom is -0.480 e. The Balaban J connectivity index is 1.82. The Bertz CT molecular complexity index is 514. The molecule has 1 aromatic carbocycles. The fourth-order valence-corrected chi connectivity index (χ4v) is 2.28. The average Bonchev–Trinajstić information content (AvgIpc) is 3.02. The van der Waals surface area contributed by atoms with E-state index in [1.54, 1.807) is 0 Å². The molecule has 0 saturated heterocycles. The van der Waals surface area contributed by atoms with E-state index in [0.717, 1.165) is 12.0 Å². The van der Waals surface area contributed by atoms with Gasteiger partial charge in [0, 0.05) is 6.04 Å². The van der Waals surface area contributed by atoms with E-state index in [-0.39, 0.29) is 11.5 Å². The third-order valence-electron chi connectivity index (χ3n) is 3.99. The van der Waals surface area contributed by atoms with Crippen molar-refractivity contribution in [3.8, 4) is 0 Å². The first-order chi connectivity index (χ1) is 9.88. The second-order valence-corrected chi connectivity index (χ2v) is 6.28. The summed E-state index contributed by atoms with van der Waals surface area (Å²) >= 11 is 0. The molecule has 0 aromatic heterocycles. The van der Waals surface area contributed by atoms with E-state index < -0.39 is 18.0 Å². The molecule has 0 radical (unpaired) electrons. The molecule has 1 aliphatic carbocycles. The van der Waals surface area contributed by atoms with Crippen LogP contribution >= 0.6 is 0 Å². The van der Waals surface area contributed by atoms with Crippen molar-refractivity contribution in [3.63, 3.8) is 0 Å². The van der Waals surface area contributed by atoms with E-state index >= 15 is 0 Å². The molecule has 1 fully saturated rings. The molecule has 2 amide bonds. The molecular weight excluding hydrogens is 268 g/mol. The molecule has 2 atom stereocenters. The van der Waals surface area contributed by atoms with E-state index in [0.29, 0.717) is 12.8 Å². The summed E-state index contributed by atoms with van der Waals surface area (Å²) < 4.78 is 0. The van der Waals surface area contributed by atoms with Gasteiger partial charge in [0.2, 0.25) is 0 Å². The summed E-state index contributed by atoms with van der Waals surface area (Å²) in [5, 5.41) is 14.6. The predicted molar refractivity (Wildman–Crippen MR) is 80.0 cm³/mol. The van der Waals surface area contributed by atoms with Crippen LogP contribution in [0, 0.1) is 5.41 Å². The van der Waals surface area contributed by atoms with Crippen molar-refractivity contribution >= 4 is 12.0 Å². The van der Waals surface area contributed by atoms with Crippen LogP contribution in [0.15, 0.2) is 30.3 Å². The minimum absolute atomic E-state index is 0.125. The van der Waals surface area contributed by atoms with Crippen molar-refractivity contribution in [1.82, 2.24) is 10.6 Å². The summed E-state index contributed by atoms with van der Waals surface area (Å²) in [4.78, 5) is 23.1. The fourth-order valence-electron chi connectivity index (χ4n) is 2.28. The van der Waals surface area contributed by atoms with E-state index in [9.17, 15) is 14.7 Å². The third kappa shape index (κ3) is 4.48. The number of carboxylic acids is 1. The molecule has 0 spiro atoms. The molecule has 0 aliphatic heterocycles. The Hall–Kier alpha value is -2.04. The van der Waals surface area contributed by atoms with Gasteiger partial charge < -0.3 is 15.7 Å². The van der Waals surface area contributed by atoms with Gasteiger partial charge in [0.15, 0.2) is 0 Å². The summed E-state index contributed by atoms with van der Waals surface area (Å²) in [5.74, 6) is -1.00. The number of rotatable bonds is 6. The largest absolute Gasteiger partial charge is 0.480 e. The number of hydrogen-bond acceptors (Lipinski definition) is 2. The van der Waals surface area contributed by atoms with Crippen LogP contribution in [0.25, 0.3) is 0 Å². The monoisotopic (exact) mass is 290 g/mol. The lowest BCUT2D eigenvalue weighted by molar-refractivity contribution is -0.139. The van der Waals surface area contributed by atoms with Gasteiger partial charge in [-0.05, 0) is 30.2 Å². The maximum Gasteiger partial charge on any atom is 0.326 e. The zero-order chi connectivity index (χ0) is 15.5. The molecule has 3 N–H and O–H groups in total. The number of aryl methyl sites for hydroxylation is 1. The lowest BCUT2D eigenvalue weighted by Gasteiger charge is -2.15. The molecule has 2 unspecified atom stereocenters. The maximum absolute atomic E-state index is 11.8. The SMILES string of the molecule is CC1(C)CC1NC(=O)NC(CCc1ccccc1)C(=O)O. The van der Waals surface area contributed by atoms with Crippen molar-refractivity contribution in [3.05, 3.63) is 35.9 Å². The first kappa shape index (κ1) is 15.4. The quantitative estimate of drug-likeness (QED) is 0.751. The Labute approximate surface area is 124 Å². The molecular formula is C16H22N2O3. The number of carboxylic acid groups (broad SMARTS) is 1. The summed E-state index contributed by atoms with van der Waals surface area (Å²) in [6.07, 6.45) is 1.93. The topological polar surface area (TPSA) is 78.4 Å². The predicted octanol–water partition coefficient (Wildman–Crippen LogP) is 2.17. The highest BCUT2D eigenvalue weighted by Crippen LogP contribution is 2.44. The number of amides is 2. The normalized spacial score (nSPS) is 20.4. The lowest BCUT2D eigenvalue weighted by Crippen LogP contribution is -2.47. The highest BCUT2D eigenvalue weighted by Gasteiger charge is 2.46. The lowest BCUT2D eigenvalue weighted by atomic mass is 10.1. The van der Waals surface area contributed by atoms with Crippen molar-refractivity contribution < 1.29 is 14.7 Å². The van der Waals surface area contributed by atoms with Crippen LogP contribution in [0.4, 0.5) is 4.79 Å². The second-order valence-electron chi connectivity index (χ2n) is 6.28. The van der Waals surface area contributed by atoms with Gasteiger partial charge in [-0.2, -0.15) is 0 Å². The van der Waals surface area contributed by atoms with Gasteiger partial charge in [-0.1, -0.05) is 44.2 Å². The minimum atomic E-state index is -1.00. The van der Waals surface area contributed by atoms with Crippen molar-refractivity contribution in [2.75, 3.05) is 0 Å². The molecule has 1 aliphatic rings. The van der Waals surface area contributed by atoms with Crippen molar-refractivity contribution in [2.24, 2.45) is 5.41 Å². The average molecular weight is 290 g/mol. The number of benzene rings is 1.